The van der Waals surface area contributed by atoms with Gasteiger partial charge in [-0.05, 0) is 58.6 Å². The van der Waals surface area contributed by atoms with Crippen LogP contribution in [0.15, 0.2) is 51.5 Å². The maximum Gasteiger partial charge on any atom is 0.236 e. The van der Waals surface area contributed by atoms with E-state index >= 15 is 0 Å². The van der Waals surface area contributed by atoms with Gasteiger partial charge in [-0.15, -0.1) is 0 Å². The second-order valence-corrected chi connectivity index (χ2v) is 6.74. The van der Waals surface area contributed by atoms with Gasteiger partial charge in [-0.3, -0.25) is 4.79 Å². The number of nitrogens with one attached hydrogen (secondary N) is 1. The number of hydrogen-bond donors (Lipinski definition) is 1. The Labute approximate surface area is 134 Å². The monoisotopic (exact) mass is 394 g/mol. The maximum absolute atomic E-state index is 12.5. The van der Waals surface area contributed by atoms with Crippen LogP contribution in [0.5, 0.6) is 0 Å². The van der Waals surface area contributed by atoms with Gasteiger partial charge in [0.1, 0.15) is 5.82 Å². The number of nitrogens with zero attached hydrogens (tertiary/aromatic N) is 1. The Hall–Kier alpha value is -1.20. The Morgan fingerprint density at radius 1 is 1.15 bits per heavy atom. The molecule has 2 aromatic rings. The van der Waals surface area contributed by atoms with Crippen molar-refractivity contribution in [3.63, 3.8) is 0 Å². The molecule has 1 amide bonds. The van der Waals surface area contributed by atoms with Crippen molar-refractivity contribution in [3.8, 4) is 0 Å². The van der Waals surface area contributed by atoms with Crippen LogP contribution in [0.25, 0.3) is 0 Å². The zero-order valence-corrected chi connectivity index (χ0v) is 13.7. The summed E-state index contributed by atoms with van der Waals surface area (Å²) in [7, 11) is 0. The molecule has 1 aliphatic rings. The fourth-order valence-electron chi connectivity index (χ4n) is 2.24. The van der Waals surface area contributed by atoms with E-state index in [0.717, 1.165) is 27.4 Å². The van der Waals surface area contributed by atoms with Gasteiger partial charge >= 0.3 is 0 Å². The summed E-state index contributed by atoms with van der Waals surface area (Å²) in [6.07, 6.45) is 3.44. The first-order valence-corrected chi connectivity index (χ1v) is 7.88. The van der Waals surface area contributed by atoms with Crippen molar-refractivity contribution in [1.29, 1.82) is 0 Å². The highest BCUT2D eigenvalue weighted by Gasteiger charge is 2.51. The minimum Gasteiger partial charge on any atom is -0.310 e. The molecule has 1 aromatic carbocycles. The first kappa shape index (κ1) is 13.8. The first-order chi connectivity index (χ1) is 9.60. The van der Waals surface area contributed by atoms with E-state index < -0.39 is 5.41 Å². The lowest BCUT2D eigenvalue weighted by atomic mass is 9.95. The standard InChI is InChI=1S/C15H12Br2N2O/c16-11-3-1-2-10(8-11)15(6-7-15)14(20)19-13-5-4-12(17)9-18-13/h1-5,8-9H,6-7H2,(H,18,19,20). The highest BCUT2D eigenvalue weighted by atomic mass is 79.9. The molecule has 1 N–H and O–H groups in total. The van der Waals surface area contributed by atoms with Crippen molar-refractivity contribution in [3.05, 3.63) is 57.1 Å². The molecule has 3 rings (SSSR count). The molecule has 1 fully saturated rings. The largest absolute Gasteiger partial charge is 0.310 e. The molecule has 102 valence electrons. The number of amides is 1. The lowest BCUT2D eigenvalue weighted by molar-refractivity contribution is -0.118. The second kappa shape index (κ2) is 5.30. The number of carbonyl (C=O) groups excluding carboxylic acids is 1. The topological polar surface area (TPSA) is 42.0 Å². The molecule has 0 aliphatic heterocycles. The van der Waals surface area contributed by atoms with E-state index in [1.54, 1.807) is 12.3 Å². The van der Waals surface area contributed by atoms with Crippen molar-refractivity contribution >= 4 is 43.6 Å². The lowest BCUT2D eigenvalue weighted by Crippen LogP contribution is -2.28. The lowest BCUT2D eigenvalue weighted by Gasteiger charge is -2.15. The molecule has 5 heteroatoms. The van der Waals surface area contributed by atoms with Crippen molar-refractivity contribution in [2.24, 2.45) is 0 Å². The molecule has 1 saturated carbocycles. The van der Waals surface area contributed by atoms with Crippen LogP contribution in [0.1, 0.15) is 18.4 Å². The van der Waals surface area contributed by atoms with Gasteiger partial charge < -0.3 is 5.32 Å². The van der Waals surface area contributed by atoms with Gasteiger partial charge in [0.2, 0.25) is 5.91 Å². The average molecular weight is 396 g/mol. The SMILES string of the molecule is O=C(Nc1ccc(Br)cn1)C1(c2cccc(Br)c2)CC1. The van der Waals surface area contributed by atoms with E-state index in [9.17, 15) is 4.79 Å². The van der Waals surface area contributed by atoms with E-state index in [0.29, 0.717) is 5.82 Å². The minimum absolute atomic E-state index is 0.0189. The van der Waals surface area contributed by atoms with Crippen molar-refractivity contribution in [1.82, 2.24) is 4.98 Å². The van der Waals surface area contributed by atoms with Gasteiger partial charge in [-0.25, -0.2) is 4.98 Å². The zero-order chi connectivity index (χ0) is 14.2. The van der Waals surface area contributed by atoms with Crippen molar-refractivity contribution in [2.45, 2.75) is 18.3 Å². The number of anilines is 1. The summed E-state index contributed by atoms with van der Waals surface area (Å²) in [4.78, 5) is 16.7. The van der Waals surface area contributed by atoms with Crippen LogP contribution in [-0.4, -0.2) is 10.9 Å². The van der Waals surface area contributed by atoms with Gasteiger partial charge in [0, 0.05) is 15.1 Å². The van der Waals surface area contributed by atoms with Crippen molar-refractivity contribution < 1.29 is 4.79 Å². The molecule has 0 spiro atoms. The third-order valence-electron chi connectivity index (χ3n) is 3.53. The summed E-state index contributed by atoms with van der Waals surface area (Å²) < 4.78 is 1.89. The Morgan fingerprint density at radius 2 is 1.95 bits per heavy atom. The van der Waals surface area contributed by atoms with Crippen LogP contribution >= 0.6 is 31.9 Å². The van der Waals surface area contributed by atoms with E-state index in [4.69, 9.17) is 0 Å². The Bertz CT molecular complexity index is 651. The number of carbonyl (C=O) groups is 1. The number of hydrogen-bond acceptors (Lipinski definition) is 2. The molecule has 0 bridgehead atoms. The molecule has 1 aliphatic carbocycles. The third-order valence-corrected chi connectivity index (χ3v) is 4.49. The zero-order valence-electron chi connectivity index (χ0n) is 10.6. The molecule has 1 heterocycles. The maximum atomic E-state index is 12.5. The number of benzene rings is 1. The van der Waals surface area contributed by atoms with Crippen LogP contribution in [0.2, 0.25) is 0 Å². The molecular weight excluding hydrogens is 384 g/mol. The van der Waals surface area contributed by atoms with E-state index in [1.807, 2.05) is 30.3 Å². The molecule has 1 aromatic heterocycles. The molecule has 0 saturated heterocycles. The molecule has 20 heavy (non-hydrogen) atoms. The highest BCUT2D eigenvalue weighted by Crippen LogP contribution is 2.49. The normalized spacial score (nSPS) is 15.7. The van der Waals surface area contributed by atoms with E-state index in [-0.39, 0.29) is 5.91 Å². The van der Waals surface area contributed by atoms with Gasteiger partial charge in [-0.1, -0.05) is 28.1 Å². The molecular formula is C15H12Br2N2O. The Balaban J connectivity index is 1.81. The summed E-state index contributed by atoms with van der Waals surface area (Å²) >= 11 is 6.78. The van der Waals surface area contributed by atoms with Gasteiger partial charge in [0.05, 0.1) is 5.41 Å². The van der Waals surface area contributed by atoms with Crippen LogP contribution in [0, 0.1) is 0 Å². The van der Waals surface area contributed by atoms with E-state index in [2.05, 4.69) is 42.2 Å². The Kier molecular flexibility index (Phi) is 3.65. The smallest absolute Gasteiger partial charge is 0.236 e. The summed E-state index contributed by atoms with van der Waals surface area (Å²) in [5.41, 5.74) is 0.667. The van der Waals surface area contributed by atoms with Crippen molar-refractivity contribution in [2.75, 3.05) is 5.32 Å². The van der Waals surface area contributed by atoms with Crippen LogP contribution in [0.4, 0.5) is 5.82 Å². The van der Waals surface area contributed by atoms with Gasteiger partial charge in [0.25, 0.3) is 0 Å². The van der Waals surface area contributed by atoms with E-state index in [1.165, 1.54) is 0 Å². The first-order valence-electron chi connectivity index (χ1n) is 6.29. The van der Waals surface area contributed by atoms with Crippen LogP contribution in [-0.2, 0) is 10.2 Å². The molecule has 0 radical (unpaired) electrons. The fourth-order valence-corrected chi connectivity index (χ4v) is 2.88. The van der Waals surface area contributed by atoms with Crippen LogP contribution < -0.4 is 5.32 Å². The predicted molar refractivity (Wildman–Crippen MR) is 85.6 cm³/mol. The number of rotatable bonds is 3. The number of aromatic nitrogens is 1. The summed E-state index contributed by atoms with van der Waals surface area (Å²) in [6, 6.07) is 11.6. The third kappa shape index (κ3) is 2.65. The van der Waals surface area contributed by atoms with Gasteiger partial charge in [0.15, 0.2) is 0 Å². The number of pyridine rings is 1. The summed E-state index contributed by atoms with van der Waals surface area (Å²) in [5.74, 6) is 0.602. The average Bonchev–Trinajstić information content (AvgIpc) is 3.23. The minimum atomic E-state index is -0.390. The molecule has 3 nitrogen and oxygen atoms in total. The summed E-state index contributed by atoms with van der Waals surface area (Å²) in [6.45, 7) is 0. The fraction of sp³-hybridized carbons (Fsp3) is 0.200. The quantitative estimate of drug-likeness (QED) is 0.842. The Morgan fingerprint density at radius 3 is 2.55 bits per heavy atom. The van der Waals surface area contributed by atoms with Gasteiger partial charge in [-0.2, -0.15) is 0 Å². The predicted octanol–water partition coefficient (Wildman–Crippen LogP) is 4.28. The molecule has 0 atom stereocenters. The molecule has 0 unspecified atom stereocenters. The summed E-state index contributed by atoms with van der Waals surface area (Å²) in [5, 5.41) is 2.90. The highest BCUT2D eigenvalue weighted by molar-refractivity contribution is 9.10. The van der Waals surface area contributed by atoms with Crippen LogP contribution in [0.3, 0.4) is 0 Å². The number of halogens is 2. The second-order valence-electron chi connectivity index (χ2n) is 4.91.